The number of hydrogen-bond donors (Lipinski definition) is 5. The predicted molar refractivity (Wildman–Crippen MR) is 222 cm³/mol. The number of nitrogens with one attached hydrogen (secondary N) is 4. The molecule has 0 aromatic heterocycles. The molecule has 2 aromatic rings. The maximum atomic E-state index is 14.4. The van der Waals surface area contributed by atoms with Gasteiger partial charge in [-0.2, -0.15) is 16.5 Å². The molecule has 14 nitrogen and oxygen atoms in total. The lowest BCUT2D eigenvalue weighted by molar-refractivity contribution is -0.144. The van der Waals surface area contributed by atoms with E-state index in [0.717, 1.165) is 11.1 Å². The van der Waals surface area contributed by atoms with Gasteiger partial charge in [-0.05, 0) is 67.6 Å². The van der Waals surface area contributed by atoms with Crippen molar-refractivity contribution in [1.82, 2.24) is 25.6 Å². The third-order valence-electron chi connectivity index (χ3n) is 10.6. The summed E-state index contributed by atoms with van der Waals surface area (Å²) in [5, 5.41) is 19.2. The summed E-state index contributed by atoms with van der Waals surface area (Å²) in [6, 6.07) is 5.08. The lowest BCUT2D eigenvalue weighted by atomic mass is 9.95. The average molecular weight is 819 g/mol. The molecular formula is C40H62N6O8S2. The summed E-state index contributed by atoms with van der Waals surface area (Å²) in [5.41, 5.74) is 0.840. The number of carbonyl (C=O) groups excluding carboxylic acids is 4. The first-order chi connectivity index (χ1) is 26.4. The van der Waals surface area contributed by atoms with Crippen molar-refractivity contribution >= 4 is 67.8 Å². The number of rotatable bonds is 21. The quantitative estimate of drug-likeness (QED) is 0.123. The van der Waals surface area contributed by atoms with Crippen LogP contribution in [-0.4, -0.2) is 111 Å². The topological polar surface area (TPSA) is 194 Å². The van der Waals surface area contributed by atoms with E-state index >= 15 is 0 Å². The van der Waals surface area contributed by atoms with Crippen LogP contribution in [0.3, 0.4) is 0 Å². The van der Waals surface area contributed by atoms with Crippen molar-refractivity contribution in [2.45, 2.75) is 115 Å². The van der Waals surface area contributed by atoms with E-state index in [-0.39, 0.29) is 36.1 Å². The molecule has 4 amide bonds. The van der Waals surface area contributed by atoms with Gasteiger partial charge in [0.2, 0.25) is 33.7 Å². The molecule has 2 aromatic carbocycles. The van der Waals surface area contributed by atoms with Gasteiger partial charge in [0.1, 0.15) is 30.2 Å². The van der Waals surface area contributed by atoms with Crippen molar-refractivity contribution in [2.24, 2.45) is 17.8 Å². The Morgan fingerprint density at radius 1 is 0.875 bits per heavy atom. The Balaban J connectivity index is 1.87. The minimum atomic E-state index is -4.23. The second kappa shape index (κ2) is 21.0. The molecule has 0 spiro atoms. The standard InChI is InChI=1S/C40H62N6O8S2/c1-10-25(5)34(44-56(53,54)33-19-13-15-27-28(33)16-12-17-31(27)45(7)8)38(49)43-35(26(6)11-2)39(50)46-21-14-18-32(46)37(48)42-30(23-24(3)4)36(47)41-29(40(51)52)20-22-55-9/h12-13,15-17,19,24-26,29-30,32,34-35,44H,10-11,14,18,20-23H2,1-9H3,(H,41,47)(H,42,48)(H,43,49)(H,51,52)/t25-,26-,29-,30-,32-,34-,35-/m0/s1. The van der Waals surface area contributed by atoms with Crippen LogP contribution in [0.4, 0.5) is 5.69 Å². The van der Waals surface area contributed by atoms with Crippen molar-refractivity contribution in [2.75, 3.05) is 37.5 Å². The number of carboxylic acid groups (broad SMARTS) is 1. The molecule has 0 unspecified atom stereocenters. The Labute approximate surface area is 336 Å². The summed E-state index contributed by atoms with van der Waals surface area (Å²) >= 11 is 1.46. The molecule has 1 aliphatic rings. The molecule has 3 rings (SSSR count). The molecule has 16 heteroatoms. The number of carboxylic acids is 1. The number of aliphatic carboxylic acids is 1. The van der Waals surface area contributed by atoms with Gasteiger partial charge in [0.15, 0.2) is 0 Å². The second-order valence-electron chi connectivity index (χ2n) is 15.4. The lowest BCUT2D eigenvalue weighted by Gasteiger charge is -2.33. The summed E-state index contributed by atoms with van der Waals surface area (Å²) in [6.45, 7) is 11.3. The largest absolute Gasteiger partial charge is 0.480 e. The molecule has 5 N–H and O–H groups in total. The summed E-state index contributed by atoms with van der Waals surface area (Å²) in [4.78, 5) is 70.9. The van der Waals surface area contributed by atoms with E-state index < -0.39 is 75.7 Å². The first kappa shape index (κ1) is 46.5. The van der Waals surface area contributed by atoms with Gasteiger partial charge in [-0.15, -0.1) is 0 Å². The third kappa shape index (κ3) is 11.8. The SMILES string of the molecule is CC[C@H](C)[C@H](NS(=O)(=O)c1cccc2c(N(C)C)cccc12)C(=O)N[C@H](C(=O)N1CCC[C@H]1C(=O)N[C@@H](CC(C)C)C(=O)N[C@@H](CCSC)C(=O)O)[C@@H](C)CC. The van der Waals surface area contributed by atoms with Crippen LogP contribution in [-0.2, 0) is 34.0 Å². The van der Waals surface area contributed by atoms with E-state index in [9.17, 15) is 37.5 Å². The zero-order valence-electron chi connectivity index (χ0n) is 34.3. The second-order valence-corrected chi connectivity index (χ2v) is 18.1. The average Bonchev–Trinajstić information content (AvgIpc) is 3.66. The molecule has 0 bridgehead atoms. The highest BCUT2D eigenvalue weighted by Crippen LogP contribution is 2.31. The molecule has 0 saturated carbocycles. The van der Waals surface area contributed by atoms with Gasteiger partial charge in [0.05, 0.1) is 4.90 Å². The highest BCUT2D eigenvalue weighted by molar-refractivity contribution is 7.98. The van der Waals surface area contributed by atoms with Gasteiger partial charge in [-0.3, -0.25) is 19.2 Å². The van der Waals surface area contributed by atoms with Crippen LogP contribution in [0.2, 0.25) is 0 Å². The monoisotopic (exact) mass is 818 g/mol. The van der Waals surface area contributed by atoms with Crippen LogP contribution in [0.25, 0.3) is 10.8 Å². The number of carbonyl (C=O) groups is 5. The maximum Gasteiger partial charge on any atom is 0.326 e. The van der Waals surface area contributed by atoms with E-state index in [4.69, 9.17) is 0 Å². The van der Waals surface area contributed by atoms with E-state index in [1.807, 2.05) is 72.0 Å². The molecule has 0 aliphatic carbocycles. The summed E-state index contributed by atoms with van der Waals surface area (Å²) in [6.07, 6.45) is 4.12. The number of hydrogen-bond acceptors (Lipinski definition) is 9. The third-order valence-corrected chi connectivity index (χ3v) is 12.7. The van der Waals surface area contributed by atoms with Gasteiger partial charge in [0, 0.05) is 37.1 Å². The zero-order chi connectivity index (χ0) is 41.9. The molecule has 1 heterocycles. The minimum Gasteiger partial charge on any atom is -0.480 e. The first-order valence-electron chi connectivity index (χ1n) is 19.5. The van der Waals surface area contributed by atoms with Crippen LogP contribution >= 0.6 is 11.8 Å². The van der Waals surface area contributed by atoms with E-state index in [0.29, 0.717) is 36.8 Å². The normalized spacial score (nSPS) is 17.8. The number of amides is 4. The maximum absolute atomic E-state index is 14.4. The number of nitrogens with zero attached hydrogens (tertiary/aromatic N) is 2. The Morgan fingerprint density at radius 3 is 2.09 bits per heavy atom. The van der Waals surface area contributed by atoms with Crippen LogP contribution in [0, 0.1) is 17.8 Å². The summed E-state index contributed by atoms with van der Waals surface area (Å²) in [7, 11) is -0.487. The van der Waals surface area contributed by atoms with Gasteiger partial charge in [0.25, 0.3) is 0 Å². The van der Waals surface area contributed by atoms with Gasteiger partial charge < -0.3 is 30.9 Å². The van der Waals surface area contributed by atoms with Gasteiger partial charge in [-0.25, -0.2) is 13.2 Å². The number of likely N-dealkylation sites (tertiary alicyclic amines) is 1. The van der Waals surface area contributed by atoms with Crippen molar-refractivity contribution in [3.05, 3.63) is 36.4 Å². The van der Waals surface area contributed by atoms with E-state index in [1.165, 1.54) is 22.7 Å². The fraction of sp³-hybridized carbons (Fsp3) is 0.625. The van der Waals surface area contributed by atoms with Crippen molar-refractivity contribution < 1.29 is 37.5 Å². The summed E-state index contributed by atoms with van der Waals surface area (Å²) in [5.74, 6) is -3.75. The molecule has 56 heavy (non-hydrogen) atoms. The Morgan fingerprint density at radius 2 is 1.50 bits per heavy atom. The Hall–Kier alpha value is -3.89. The van der Waals surface area contributed by atoms with E-state index in [2.05, 4.69) is 20.7 Å². The molecule has 1 saturated heterocycles. The summed E-state index contributed by atoms with van der Waals surface area (Å²) < 4.78 is 30.8. The first-order valence-corrected chi connectivity index (χ1v) is 22.4. The smallest absolute Gasteiger partial charge is 0.326 e. The number of anilines is 1. The van der Waals surface area contributed by atoms with Crippen molar-refractivity contribution in [1.29, 1.82) is 0 Å². The van der Waals surface area contributed by atoms with Gasteiger partial charge in [-0.1, -0.05) is 78.6 Å². The van der Waals surface area contributed by atoms with Crippen molar-refractivity contribution in [3.8, 4) is 0 Å². The lowest BCUT2D eigenvalue weighted by Crippen LogP contribution is -2.60. The number of benzene rings is 2. The van der Waals surface area contributed by atoms with E-state index in [1.54, 1.807) is 25.1 Å². The number of fused-ring (bicyclic) bond motifs is 1. The van der Waals surface area contributed by atoms with Crippen LogP contribution in [0.15, 0.2) is 41.3 Å². The van der Waals surface area contributed by atoms with Crippen LogP contribution < -0.4 is 25.6 Å². The Kier molecular flexibility index (Phi) is 17.5. The molecule has 1 aliphatic heterocycles. The van der Waals surface area contributed by atoms with Crippen molar-refractivity contribution in [3.63, 3.8) is 0 Å². The molecular weight excluding hydrogens is 757 g/mol. The highest BCUT2D eigenvalue weighted by Gasteiger charge is 2.42. The van der Waals surface area contributed by atoms with Gasteiger partial charge >= 0.3 is 5.97 Å². The Bertz CT molecular complexity index is 1810. The van der Waals surface area contributed by atoms with Crippen LogP contribution in [0.5, 0.6) is 0 Å². The number of thioether (sulfide) groups is 1. The fourth-order valence-corrected chi connectivity index (χ4v) is 8.92. The molecule has 0 radical (unpaired) electrons. The number of sulfonamides is 1. The predicted octanol–water partition coefficient (Wildman–Crippen LogP) is 3.97. The fourth-order valence-electron chi connectivity index (χ4n) is 6.93. The zero-order valence-corrected chi connectivity index (χ0v) is 35.9. The molecule has 1 fully saturated rings. The minimum absolute atomic E-state index is 0.0150. The molecule has 312 valence electrons. The molecule has 7 atom stereocenters. The highest BCUT2D eigenvalue weighted by atomic mass is 32.2. The van der Waals surface area contributed by atoms with Crippen LogP contribution in [0.1, 0.15) is 80.1 Å².